The molecule has 0 unspecified atom stereocenters. The average molecular weight is 432 g/mol. The van der Waals surface area contributed by atoms with E-state index in [1.54, 1.807) is 28.3 Å². The lowest BCUT2D eigenvalue weighted by molar-refractivity contribution is -0.133. The number of amides is 1. The minimum Gasteiger partial charge on any atom is -0.467 e. The number of rotatable bonds is 13. The van der Waals surface area contributed by atoms with Crippen LogP contribution in [-0.4, -0.2) is 65.9 Å². The average Bonchev–Trinajstić information content (AvgIpc) is 2.78. The van der Waals surface area contributed by atoms with E-state index < -0.39 is 0 Å². The third-order valence-corrected chi connectivity index (χ3v) is 4.77. The van der Waals surface area contributed by atoms with E-state index in [0.29, 0.717) is 24.5 Å². The second-order valence-corrected chi connectivity index (χ2v) is 7.12. The van der Waals surface area contributed by atoms with E-state index in [0.717, 1.165) is 28.7 Å². The Morgan fingerprint density at radius 2 is 1.58 bits per heavy atom. The van der Waals surface area contributed by atoms with Crippen LogP contribution in [0.1, 0.15) is 18.1 Å². The summed E-state index contributed by atoms with van der Waals surface area (Å²) in [5, 5.41) is 0. The second kappa shape index (κ2) is 12.9. The van der Waals surface area contributed by atoms with E-state index in [9.17, 15) is 4.79 Å². The van der Waals surface area contributed by atoms with Crippen LogP contribution >= 0.6 is 0 Å². The van der Waals surface area contributed by atoms with Gasteiger partial charge in [0, 0.05) is 39.9 Å². The van der Waals surface area contributed by atoms with Gasteiger partial charge in [-0.25, -0.2) is 0 Å². The summed E-state index contributed by atoms with van der Waals surface area (Å²) in [5.41, 5.74) is 4.12. The minimum absolute atomic E-state index is 0.0437. The van der Waals surface area contributed by atoms with Gasteiger partial charge in [0.2, 0.25) is 5.91 Å². The van der Waals surface area contributed by atoms with Crippen LogP contribution in [0.4, 0.5) is 0 Å². The summed E-state index contributed by atoms with van der Waals surface area (Å²) < 4.78 is 27.7. The molecular formula is C24H33NO6. The van der Waals surface area contributed by atoms with Crippen molar-refractivity contribution >= 4 is 5.91 Å². The zero-order chi connectivity index (χ0) is 22.6. The molecule has 0 saturated heterocycles. The summed E-state index contributed by atoms with van der Waals surface area (Å²) in [6, 6.07) is 11.9. The van der Waals surface area contributed by atoms with Crippen molar-refractivity contribution in [2.24, 2.45) is 0 Å². The summed E-state index contributed by atoms with van der Waals surface area (Å²) in [6.45, 7) is 2.77. The molecule has 0 aliphatic carbocycles. The summed E-state index contributed by atoms with van der Waals surface area (Å²) >= 11 is 0. The van der Waals surface area contributed by atoms with Gasteiger partial charge in [0.15, 0.2) is 13.6 Å². The molecule has 0 aliphatic heterocycles. The van der Waals surface area contributed by atoms with Crippen LogP contribution in [0.3, 0.4) is 0 Å². The van der Waals surface area contributed by atoms with Gasteiger partial charge in [-0.05, 0) is 29.5 Å². The molecule has 0 N–H and O–H groups in total. The normalized spacial score (nSPS) is 10.7. The van der Waals surface area contributed by atoms with Crippen molar-refractivity contribution < 1.29 is 28.5 Å². The highest BCUT2D eigenvalue weighted by Gasteiger charge is 2.21. The predicted octanol–water partition coefficient (Wildman–Crippen LogP) is 3.53. The van der Waals surface area contributed by atoms with Crippen LogP contribution < -0.4 is 9.47 Å². The van der Waals surface area contributed by atoms with E-state index >= 15 is 0 Å². The van der Waals surface area contributed by atoms with Crippen molar-refractivity contribution in [3.05, 3.63) is 47.5 Å². The van der Waals surface area contributed by atoms with E-state index in [-0.39, 0.29) is 26.1 Å². The molecule has 0 fully saturated rings. The highest BCUT2D eigenvalue weighted by atomic mass is 16.7. The molecular weight excluding hydrogens is 398 g/mol. The van der Waals surface area contributed by atoms with Crippen molar-refractivity contribution in [2.75, 3.05) is 55.1 Å². The molecule has 0 heterocycles. The Morgan fingerprint density at radius 3 is 2.16 bits per heavy atom. The summed E-state index contributed by atoms with van der Waals surface area (Å²) in [7, 11) is 6.60. The third kappa shape index (κ3) is 6.95. The van der Waals surface area contributed by atoms with Crippen LogP contribution in [0.2, 0.25) is 0 Å². The maximum atomic E-state index is 11.8. The molecule has 1 amide bonds. The Hall–Kier alpha value is -2.61. The molecule has 7 nitrogen and oxygen atoms in total. The summed E-state index contributed by atoms with van der Waals surface area (Å²) in [4.78, 5) is 13.4. The maximum absolute atomic E-state index is 11.8. The standard InChI is InChI=1S/C24H33NO6/c1-6-19-20(12-13-29-15-23(26)25(2)3)24(18-10-8-7-9-11-18)22(31-17-28-5)14-21(19)30-16-27-4/h7-11,14H,6,12-13,15-17H2,1-5H3. The first-order valence-corrected chi connectivity index (χ1v) is 10.3. The third-order valence-electron chi connectivity index (χ3n) is 4.77. The molecule has 0 saturated carbocycles. The highest BCUT2D eigenvalue weighted by molar-refractivity contribution is 5.78. The minimum atomic E-state index is -0.0692. The number of hydrogen-bond acceptors (Lipinski definition) is 6. The number of methoxy groups -OCH3 is 2. The van der Waals surface area contributed by atoms with Crippen LogP contribution in [-0.2, 0) is 31.8 Å². The van der Waals surface area contributed by atoms with Gasteiger partial charge < -0.3 is 28.6 Å². The van der Waals surface area contributed by atoms with Gasteiger partial charge in [0.05, 0.1) is 6.61 Å². The molecule has 0 aromatic heterocycles. The largest absolute Gasteiger partial charge is 0.467 e. The van der Waals surface area contributed by atoms with E-state index in [4.69, 9.17) is 23.7 Å². The first-order chi connectivity index (χ1) is 15.0. The number of ether oxygens (including phenoxy) is 5. The summed E-state index contributed by atoms with van der Waals surface area (Å²) in [6.07, 6.45) is 1.36. The SMILES string of the molecule is CCc1c(OCOC)cc(OCOC)c(-c2ccccc2)c1CCOCC(=O)N(C)C. The van der Waals surface area contributed by atoms with Gasteiger partial charge >= 0.3 is 0 Å². The molecule has 170 valence electrons. The zero-order valence-corrected chi connectivity index (χ0v) is 19.1. The Morgan fingerprint density at radius 1 is 0.935 bits per heavy atom. The second-order valence-electron chi connectivity index (χ2n) is 7.12. The Bertz CT molecular complexity index is 823. The molecule has 0 spiro atoms. The first-order valence-electron chi connectivity index (χ1n) is 10.3. The highest BCUT2D eigenvalue weighted by Crippen LogP contribution is 2.41. The summed E-state index contributed by atoms with van der Waals surface area (Å²) in [5.74, 6) is 1.30. The van der Waals surface area contributed by atoms with Gasteiger partial charge in [-0.2, -0.15) is 0 Å². The number of nitrogens with zero attached hydrogens (tertiary/aromatic N) is 1. The number of benzene rings is 2. The molecule has 0 atom stereocenters. The number of carbonyl (C=O) groups is 1. The van der Waals surface area contributed by atoms with Crippen molar-refractivity contribution in [2.45, 2.75) is 19.8 Å². The fraction of sp³-hybridized carbons (Fsp3) is 0.458. The molecule has 2 aromatic carbocycles. The van der Waals surface area contributed by atoms with Crippen molar-refractivity contribution in [1.82, 2.24) is 4.90 Å². The molecule has 0 bridgehead atoms. The fourth-order valence-corrected chi connectivity index (χ4v) is 3.26. The molecule has 2 rings (SSSR count). The first kappa shape index (κ1) is 24.7. The lowest BCUT2D eigenvalue weighted by Crippen LogP contribution is -2.26. The van der Waals surface area contributed by atoms with Crippen molar-refractivity contribution in [3.8, 4) is 22.6 Å². The zero-order valence-electron chi connectivity index (χ0n) is 19.1. The molecule has 7 heteroatoms. The quantitative estimate of drug-likeness (QED) is 0.357. The van der Waals surface area contributed by atoms with Gasteiger partial charge in [0.25, 0.3) is 0 Å². The monoisotopic (exact) mass is 431 g/mol. The van der Waals surface area contributed by atoms with Gasteiger partial charge in [-0.15, -0.1) is 0 Å². The molecule has 2 aromatic rings. The Labute approximate surface area is 184 Å². The van der Waals surface area contributed by atoms with Crippen LogP contribution in [0.5, 0.6) is 11.5 Å². The Kier molecular flexibility index (Phi) is 10.3. The van der Waals surface area contributed by atoms with Crippen molar-refractivity contribution in [1.29, 1.82) is 0 Å². The molecule has 0 aliphatic rings. The van der Waals surface area contributed by atoms with E-state index in [1.807, 2.05) is 36.4 Å². The molecule has 0 radical (unpaired) electrons. The topological polar surface area (TPSA) is 66.5 Å². The van der Waals surface area contributed by atoms with Crippen LogP contribution in [0.25, 0.3) is 11.1 Å². The lowest BCUT2D eigenvalue weighted by Gasteiger charge is -2.22. The van der Waals surface area contributed by atoms with E-state index in [1.165, 1.54) is 4.90 Å². The Balaban J connectivity index is 2.48. The van der Waals surface area contributed by atoms with E-state index in [2.05, 4.69) is 6.92 Å². The smallest absolute Gasteiger partial charge is 0.248 e. The van der Waals surface area contributed by atoms with Gasteiger partial charge in [-0.1, -0.05) is 37.3 Å². The van der Waals surface area contributed by atoms with Gasteiger partial charge in [-0.3, -0.25) is 4.79 Å². The van der Waals surface area contributed by atoms with Crippen molar-refractivity contribution in [3.63, 3.8) is 0 Å². The number of hydrogen-bond donors (Lipinski definition) is 0. The number of carbonyl (C=O) groups excluding carboxylic acids is 1. The fourth-order valence-electron chi connectivity index (χ4n) is 3.26. The maximum Gasteiger partial charge on any atom is 0.248 e. The number of likely N-dealkylation sites (N-methyl/N-ethyl adjacent to an activating group) is 1. The van der Waals surface area contributed by atoms with Crippen LogP contribution in [0.15, 0.2) is 36.4 Å². The predicted molar refractivity (Wildman–Crippen MR) is 119 cm³/mol. The molecule has 31 heavy (non-hydrogen) atoms. The lowest BCUT2D eigenvalue weighted by atomic mass is 9.90. The van der Waals surface area contributed by atoms with Crippen LogP contribution in [0, 0.1) is 0 Å². The van der Waals surface area contributed by atoms with Gasteiger partial charge in [0.1, 0.15) is 18.1 Å².